The lowest BCUT2D eigenvalue weighted by atomic mass is 10.1. The van der Waals surface area contributed by atoms with E-state index in [1.807, 2.05) is 87.3 Å². The number of amides is 1. The predicted molar refractivity (Wildman–Crippen MR) is 118 cm³/mol. The minimum absolute atomic E-state index is 0.0383. The van der Waals surface area contributed by atoms with Crippen molar-refractivity contribution in [3.05, 3.63) is 65.7 Å². The van der Waals surface area contributed by atoms with Crippen LogP contribution in [0.4, 0.5) is 0 Å². The lowest BCUT2D eigenvalue weighted by molar-refractivity contribution is -0.135. The molecule has 0 bridgehead atoms. The number of carbonyl (C=O) groups is 1. The van der Waals surface area contributed by atoms with Crippen LogP contribution in [0.3, 0.4) is 0 Å². The first-order valence-corrected chi connectivity index (χ1v) is 10.6. The highest BCUT2D eigenvalue weighted by atomic mass is 16.5. The molecule has 5 nitrogen and oxygen atoms in total. The summed E-state index contributed by atoms with van der Waals surface area (Å²) in [6.45, 7) is 6.47. The Morgan fingerprint density at radius 2 is 1.90 bits per heavy atom. The van der Waals surface area contributed by atoms with Gasteiger partial charge in [-0.2, -0.15) is 5.10 Å². The average Bonchev–Trinajstić information content (AvgIpc) is 3.52. The minimum Gasteiger partial charge on any atom is -0.439 e. The van der Waals surface area contributed by atoms with Gasteiger partial charge in [0.05, 0.1) is 12.1 Å². The molecule has 0 spiro atoms. The van der Waals surface area contributed by atoms with Crippen LogP contribution in [0.1, 0.15) is 37.8 Å². The van der Waals surface area contributed by atoms with E-state index in [2.05, 4.69) is 0 Å². The molecule has 3 aromatic rings. The van der Waals surface area contributed by atoms with Crippen molar-refractivity contribution in [1.82, 2.24) is 14.7 Å². The van der Waals surface area contributed by atoms with Crippen LogP contribution >= 0.6 is 0 Å². The second-order valence-corrected chi connectivity index (χ2v) is 8.39. The predicted octanol–water partition coefficient (Wildman–Crippen LogP) is 5.33. The summed E-state index contributed by atoms with van der Waals surface area (Å²) in [6.07, 6.45) is 2.13. The molecular formula is C25H29N3O2. The van der Waals surface area contributed by atoms with Gasteiger partial charge < -0.3 is 9.64 Å². The SMILES string of the molecule is Cc1cccc(Oc2c(CN(C(=O)C(C)C)C3CC3)c(-c3ccccc3)nn2C)c1. The molecule has 0 radical (unpaired) electrons. The van der Waals surface area contributed by atoms with E-state index in [1.54, 1.807) is 4.68 Å². The van der Waals surface area contributed by atoms with Crippen molar-refractivity contribution in [2.24, 2.45) is 13.0 Å². The highest BCUT2D eigenvalue weighted by Gasteiger charge is 2.35. The first-order valence-electron chi connectivity index (χ1n) is 10.6. The molecule has 1 aliphatic carbocycles. The van der Waals surface area contributed by atoms with E-state index in [1.165, 1.54) is 0 Å². The van der Waals surface area contributed by atoms with Crippen LogP contribution in [0.5, 0.6) is 11.6 Å². The zero-order valence-electron chi connectivity index (χ0n) is 18.1. The molecule has 1 aromatic heterocycles. The largest absolute Gasteiger partial charge is 0.439 e. The third-order valence-electron chi connectivity index (χ3n) is 5.43. The maximum Gasteiger partial charge on any atom is 0.225 e. The van der Waals surface area contributed by atoms with Crippen LogP contribution in [0, 0.1) is 12.8 Å². The molecule has 1 aliphatic rings. The van der Waals surface area contributed by atoms with Crippen LogP contribution < -0.4 is 4.74 Å². The molecule has 156 valence electrons. The number of benzene rings is 2. The zero-order chi connectivity index (χ0) is 21.3. The molecule has 4 rings (SSSR count). The second-order valence-electron chi connectivity index (χ2n) is 8.39. The smallest absolute Gasteiger partial charge is 0.225 e. The van der Waals surface area contributed by atoms with E-state index in [0.717, 1.165) is 41.0 Å². The number of hydrogen-bond donors (Lipinski definition) is 0. The van der Waals surface area contributed by atoms with E-state index in [-0.39, 0.29) is 11.8 Å². The summed E-state index contributed by atoms with van der Waals surface area (Å²) in [5, 5.41) is 4.79. The first kappa shape index (κ1) is 20.2. The van der Waals surface area contributed by atoms with Crippen LogP contribution in [0.15, 0.2) is 54.6 Å². The van der Waals surface area contributed by atoms with Crippen molar-refractivity contribution in [1.29, 1.82) is 0 Å². The monoisotopic (exact) mass is 403 g/mol. The molecule has 1 heterocycles. The quantitative estimate of drug-likeness (QED) is 0.535. The number of rotatable bonds is 7. The summed E-state index contributed by atoms with van der Waals surface area (Å²) in [5.74, 6) is 1.60. The van der Waals surface area contributed by atoms with Gasteiger partial charge in [-0.05, 0) is 37.5 Å². The van der Waals surface area contributed by atoms with E-state index in [9.17, 15) is 4.79 Å². The van der Waals surface area contributed by atoms with E-state index in [0.29, 0.717) is 18.5 Å². The summed E-state index contributed by atoms with van der Waals surface area (Å²) in [4.78, 5) is 15.0. The van der Waals surface area contributed by atoms with Gasteiger partial charge in [0.2, 0.25) is 11.8 Å². The van der Waals surface area contributed by atoms with Crippen LogP contribution in [-0.4, -0.2) is 26.6 Å². The normalized spacial score (nSPS) is 13.5. The average molecular weight is 404 g/mol. The van der Waals surface area contributed by atoms with Gasteiger partial charge in [-0.1, -0.05) is 56.3 Å². The van der Waals surface area contributed by atoms with Gasteiger partial charge in [0, 0.05) is 24.6 Å². The Balaban J connectivity index is 1.77. The summed E-state index contributed by atoms with van der Waals surface area (Å²) >= 11 is 0. The summed E-state index contributed by atoms with van der Waals surface area (Å²) in [6, 6.07) is 18.4. The third kappa shape index (κ3) is 4.25. The van der Waals surface area contributed by atoms with Crippen molar-refractivity contribution in [2.45, 2.75) is 46.2 Å². The van der Waals surface area contributed by atoms with Crippen molar-refractivity contribution < 1.29 is 9.53 Å². The van der Waals surface area contributed by atoms with E-state index in [4.69, 9.17) is 9.84 Å². The summed E-state index contributed by atoms with van der Waals surface area (Å²) in [5.41, 5.74) is 3.97. The Kier molecular flexibility index (Phi) is 5.62. The van der Waals surface area contributed by atoms with E-state index >= 15 is 0 Å². The number of ether oxygens (including phenoxy) is 1. The summed E-state index contributed by atoms with van der Waals surface area (Å²) in [7, 11) is 1.90. The number of nitrogens with zero attached hydrogens (tertiary/aromatic N) is 3. The van der Waals surface area contributed by atoms with Gasteiger partial charge >= 0.3 is 0 Å². The van der Waals surface area contributed by atoms with Gasteiger partial charge in [-0.3, -0.25) is 4.79 Å². The van der Waals surface area contributed by atoms with Crippen molar-refractivity contribution in [2.75, 3.05) is 0 Å². The van der Waals surface area contributed by atoms with Gasteiger partial charge in [0.1, 0.15) is 11.4 Å². The Morgan fingerprint density at radius 3 is 2.53 bits per heavy atom. The molecule has 0 atom stereocenters. The molecule has 1 amide bonds. The van der Waals surface area contributed by atoms with E-state index < -0.39 is 0 Å². The Labute approximate surface area is 178 Å². The van der Waals surface area contributed by atoms with Crippen molar-refractivity contribution in [3.8, 4) is 22.9 Å². The van der Waals surface area contributed by atoms with Gasteiger partial charge in [0.15, 0.2) is 0 Å². The number of aromatic nitrogens is 2. The third-order valence-corrected chi connectivity index (χ3v) is 5.43. The summed E-state index contributed by atoms with van der Waals surface area (Å²) < 4.78 is 8.11. The topological polar surface area (TPSA) is 47.4 Å². The molecule has 5 heteroatoms. The van der Waals surface area contributed by atoms with Crippen molar-refractivity contribution in [3.63, 3.8) is 0 Å². The standard InChI is InChI=1S/C25H29N3O2/c1-17(2)24(29)28(20-13-14-20)16-22-23(19-10-6-5-7-11-19)26-27(4)25(22)30-21-12-8-9-18(3)15-21/h5-12,15,17,20H,13-14,16H2,1-4H3. The fraction of sp³-hybridized carbons (Fsp3) is 0.360. The molecule has 1 fully saturated rings. The molecule has 1 saturated carbocycles. The Morgan fingerprint density at radius 1 is 1.17 bits per heavy atom. The zero-order valence-corrected chi connectivity index (χ0v) is 18.1. The first-order chi connectivity index (χ1) is 14.4. The minimum atomic E-state index is -0.0383. The lowest BCUT2D eigenvalue weighted by Gasteiger charge is -2.25. The van der Waals surface area contributed by atoms with Crippen LogP contribution in [0.2, 0.25) is 0 Å². The molecule has 30 heavy (non-hydrogen) atoms. The number of carbonyl (C=O) groups excluding carboxylic acids is 1. The van der Waals surface area contributed by atoms with Crippen LogP contribution in [0.25, 0.3) is 11.3 Å². The fourth-order valence-corrected chi connectivity index (χ4v) is 3.72. The molecule has 0 N–H and O–H groups in total. The highest BCUT2D eigenvalue weighted by Crippen LogP contribution is 2.37. The van der Waals surface area contributed by atoms with Gasteiger partial charge in [-0.15, -0.1) is 0 Å². The van der Waals surface area contributed by atoms with Crippen molar-refractivity contribution >= 4 is 5.91 Å². The lowest BCUT2D eigenvalue weighted by Crippen LogP contribution is -2.35. The fourth-order valence-electron chi connectivity index (χ4n) is 3.72. The molecule has 0 saturated heterocycles. The van der Waals surface area contributed by atoms with Gasteiger partial charge in [-0.25, -0.2) is 4.68 Å². The molecule has 0 unspecified atom stereocenters. The number of aryl methyl sites for hydroxylation is 2. The maximum absolute atomic E-state index is 13.0. The molecule has 0 aliphatic heterocycles. The maximum atomic E-state index is 13.0. The molecular weight excluding hydrogens is 374 g/mol. The highest BCUT2D eigenvalue weighted by molar-refractivity contribution is 5.79. The second kappa shape index (κ2) is 8.34. The van der Waals surface area contributed by atoms with Gasteiger partial charge in [0.25, 0.3) is 0 Å². The van der Waals surface area contributed by atoms with Crippen LogP contribution in [-0.2, 0) is 18.4 Å². The molecule has 2 aromatic carbocycles. The Hall–Kier alpha value is -3.08. The number of hydrogen-bond acceptors (Lipinski definition) is 3. The Bertz CT molecular complexity index is 1040.